The number of carboxylic acid groups (broad SMARTS) is 1. The second-order valence-corrected chi connectivity index (χ2v) is 6.91. The summed E-state index contributed by atoms with van der Waals surface area (Å²) in [7, 11) is -3.38. The van der Waals surface area contributed by atoms with Gasteiger partial charge in [-0.25, -0.2) is 8.42 Å². The minimum Gasteiger partial charge on any atom is -0.481 e. The maximum absolute atomic E-state index is 11.9. The maximum atomic E-state index is 11.9. The molecule has 7 nitrogen and oxygen atoms in total. The molecule has 1 heterocycles. The highest BCUT2D eigenvalue weighted by Gasteiger charge is 2.36. The minimum atomic E-state index is -3.38. The van der Waals surface area contributed by atoms with E-state index >= 15 is 0 Å². The molecule has 0 unspecified atom stereocenters. The van der Waals surface area contributed by atoms with Crippen molar-refractivity contribution in [1.29, 1.82) is 0 Å². The summed E-state index contributed by atoms with van der Waals surface area (Å²) in [6, 6.07) is -0.660. The molecule has 19 heavy (non-hydrogen) atoms. The van der Waals surface area contributed by atoms with Gasteiger partial charge in [0.25, 0.3) is 0 Å². The lowest BCUT2D eigenvalue weighted by molar-refractivity contribution is -0.138. The molecule has 1 aliphatic heterocycles. The van der Waals surface area contributed by atoms with E-state index in [0.717, 1.165) is 6.26 Å². The van der Waals surface area contributed by atoms with Crippen molar-refractivity contribution in [2.45, 2.75) is 32.2 Å². The monoisotopic (exact) mass is 292 g/mol. The zero-order chi connectivity index (χ0) is 14.6. The first kappa shape index (κ1) is 15.9. The van der Waals surface area contributed by atoms with Crippen LogP contribution in [-0.2, 0) is 19.6 Å². The predicted molar refractivity (Wildman–Crippen MR) is 69.0 cm³/mol. The van der Waals surface area contributed by atoms with Crippen LogP contribution in [0, 0.1) is 5.92 Å². The van der Waals surface area contributed by atoms with Crippen LogP contribution in [-0.4, -0.2) is 55.1 Å². The molecule has 0 radical (unpaired) electrons. The molecule has 0 aromatic carbocycles. The van der Waals surface area contributed by atoms with Gasteiger partial charge in [-0.1, -0.05) is 6.92 Å². The molecule has 1 saturated heterocycles. The first-order chi connectivity index (χ1) is 8.71. The summed E-state index contributed by atoms with van der Waals surface area (Å²) < 4.78 is 24.2. The summed E-state index contributed by atoms with van der Waals surface area (Å²) in [5, 5.41) is 11.2. The van der Waals surface area contributed by atoms with Crippen molar-refractivity contribution in [3.63, 3.8) is 0 Å². The molecule has 0 aliphatic carbocycles. The van der Waals surface area contributed by atoms with Gasteiger partial charge in [0.15, 0.2) is 0 Å². The van der Waals surface area contributed by atoms with Crippen molar-refractivity contribution in [2.24, 2.45) is 5.92 Å². The zero-order valence-electron chi connectivity index (χ0n) is 11.1. The molecule has 2 atom stereocenters. The van der Waals surface area contributed by atoms with Crippen LogP contribution in [0.4, 0.5) is 0 Å². The average Bonchev–Trinajstić information content (AvgIpc) is 2.73. The van der Waals surface area contributed by atoms with E-state index in [2.05, 4.69) is 5.32 Å². The van der Waals surface area contributed by atoms with Crippen LogP contribution in [0.3, 0.4) is 0 Å². The molecular weight excluding hydrogens is 272 g/mol. The van der Waals surface area contributed by atoms with E-state index in [9.17, 15) is 18.0 Å². The Balaban J connectivity index is 2.52. The third kappa shape index (κ3) is 4.79. The normalized spacial score (nSPS) is 22.1. The molecule has 2 N–H and O–H groups in total. The van der Waals surface area contributed by atoms with Crippen molar-refractivity contribution in [3.8, 4) is 0 Å². The van der Waals surface area contributed by atoms with Gasteiger partial charge in [0, 0.05) is 19.5 Å². The van der Waals surface area contributed by atoms with Gasteiger partial charge in [0.2, 0.25) is 15.9 Å². The highest BCUT2D eigenvalue weighted by molar-refractivity contribution is 7.88. The second-order valence-electron chi connectivity index (χ2n) is 4.98. The number of rotatable bonds is 6. The molecule has 0 bridgehead atoms. The molecule has 0 saturated carbocycles. The second kappa shape index (κ2) is 6.33. The highest BCUT2D eigenvalue weighted by Crippen LogP contribution is 2.20. The number of sulfonamides is 1. The molecule has 0 spiro atoms. The number of nitrogens with zero attached hydrogens (tertiary/aromatic N) is 1. The van der Waals surface area contributed by atoms with Gasteiger partial charge in [-0.2, -0.15) is 4.31 Å². The molecule has 1 rings (SSSR count). The van der Waals surface area contributed by atoms with Crippen molar-refractivity contribution in [3.05, 3.63) is 0 Å². The van der Waals surface area contributed by atoms with Gasteiger partial charge >= 0.3 is 5.97 Å². The molecule has 110 valence electrons. The van der Waals surface area contributed by atoms with Crippen LogP contribution in [0.5, 0.6) is 0 Å². The van der Waals surface area contributed by atoms with Crippen LogP contribution >= 0.6 is 0 Å². The third-order valence-electron chi connectivity index (χ3n) is 3.08. The summed E-state index contributed by atoms with van der Waals surface area (Å²) in [6.45, 7) is 2.32. The largest absolute Gasteiger partial charge is 0.481 e. The zero-order valence-corrected chi connectivity index (χ0v) is 11.9. The van der Waals surface area contributed by atoms with Gasteiger partial charge in [-0.3, -0.25) is 9.59 Å². The van der Waals surface area contributed by atoms with E-state index in [1.165, 1.54) is 4.31 Å². The molecule has 8 heteroatoms. The Bertz CT molecular complexity index is 448. The van der Waals surface area contributed by atoms with Crippen molar-refractivity contribution >= 4 is 21.9 Å². The number of carbonyl (C=O) groups is 2. The Morgan fingerprint density at radius 3 is 2.63 bits per heavy atom. The van der Waals surface area contributed by atoms with Gasteiger partial charge < -0.3 is 10.4 Å². The van der Waals surface area contributed by atoms with Gasteiger partial charge in [0.1, 0.15) is 6.04 Å². The van der Waals surface area contributed by atoms with Crippen molar-refractivity contribution < 1.29 is 23.1 Å². The maximum Gasteiger partial charge on any atom is 0.303 e. The first-order valence-electron chi connectivity index (χ1n) is 6.18. The fourth-order valence-electron chi connectivity index (χ4n) is 2.16. The van der Waals surface area contributed by atoms with Crippen LogP contribution < -0.4 is 5.32 Å². The number of carbonyl (C=O) groups excluding carboxylic acids is 1. The quantitative estimate of drug-likeness (QED) is 0.695. The number of hydrogen-bond acceptors (Lipinski definition) is 4. The Kier molecular flexibility index (Phi) is 5.30. The fourth-order valence-corrected chi connectivity index (χ4v) is 3.29. The van der Waals surface area contributed by atoms with E-state index in [4.69, 9.17) is 5.11 Å². The smallest absolute Gasteiger partial charge is 0.303 e. The van der Waals surface area contributed by atoms with Crippen LogP contribution in [0.2, 0.25) is 0 Å². The Morgan fingerprint density at radius 2 is 2.11 bits per heavy atom. The molecule has 0 aromatic heterocycles. The van der Waals surface area contributed by atoms with Gasteiger partial charge in [-0.05, 0) is 18.8 Å². The summed E-state index contributed by atoms with van der Waals surface area (Å²) in [6.07, 6.45) is 2.23. The number of carboxylic acids is 1. The summed E-state index contributed by atoms with van der Waals surface area (Å²) in [5.41, 5.74) is 0. The molecule has 0 aromatic rings. The van der Waals surface area contributed by atoms with E-state index in [1.807, 2.05) is 0 Å². The lowest BCUT2D eigenvalue weighted by atomic mass is 10.1. The first-order valence-corrected chi connectivity index (χ1v) is 8.03. The molecular formula is C11H20N2O5S. The third-order valence-corrected chi connectivity index (χ3v) is 4.37. The topological polar surface area (TPSA) is 104 Å². The van der Waals surface area contributed by atoms with Crippen LogP contribution in [0.25, 0.3) is 0 Å². The SMILES string of the molecule is C[C@@H](CNC(=O)[C@@H]1CCCN1S(C)(=O)=O)CC(=O)O. The summed E-state index contributed by atoms with van der Waals surface area (Å²) in [4.78, 5) is 22.4. The Hall–Kier alpha value is -1.15. The highest BCUT2D eigenvalue weighted by atomic mass is 32.2. The van der Waals surface area contributed by atoms with Crippen molar-refractivity contribution in [1.82, 2.24) is 9.62 Å². The number of amides is 1. The van der Waals surface area contributed by atoms with E-state index < -0.39 is 22.0 Å². The Labute approximate surface area is 113 Å². The summed E-state index contributed by atoms with van der Waals surface area (Å²) >= 11 is 0. The van der Waals surface area contributed by atoms with Crippen molar-refractivity contribution in [2.75, 3.05) is 19.3 Å². The lowest BCUT2D eigenvalue weighted by Crippen LogP contribution is -2.46. The van der Waals surface area contributed by atoms with E-state index in [0.29, 0.717) is 19.4 Å². The fraction of sp³-hybridized carbons (Fsp3) is 0.818. The predicted octanol–water partition coefficient (Wildman–Crippen LogP) is -0.363. The van der Waals surface area contributed by atoms with E-state index in [1.54, 1.807) is 6.92 Å². The molecule has 1 aliphatic rings. The van der Waals surface area contributed by atoms with E-state index in [-0.39, 0.29) is 24.8 Å². The Morgan fingerprint density at radius 1 is 1.47 bits per heavy atom. The number of aliphatic carboxylic acids is 1. The lowest BCUT2D eigenvalue weighted by Gasteiger charge is -2.22. The molecule has 1 amide bonds. The average molecular weight is 292 g/mol. The van der Waals surface area contributed by atoms with Gasteiger partial charge in [-0.15, -0.1) is 0 Å². The number of hydrogen-bond donors (Lipinski definition) is 2. The minimum absolute atomic E-state index is 0.0270. The van der Waals surface area contributed by atoms with Crippen LogP contribution in [0.1, 0.15) is 26.2 Å². The summed E-state index contributed by atoms with van der Waals surface area (Å²) in [5.74, 6) is -1.45. The molecule has 1 fully saturated rings. The van der Waals surface area contributed by atoms with Gasteiger partial charge in [0.05, 0.1) is 6.26 Å². The van der Waals surface area contributed by atoms with Crippen LogP contribution in [0.15, 0.2) is 0 Å². The number of nitrogens with one attached hydrogen (secondary N) is 1. The standard InChI is InChI=1S/C11H20N2O5S/c1-8(6-10(14)15)7-12-11(16)9-4-3-5-13(9)19(2,17)18/h8-9H,3-7H2,1-2H3,(H,12,16)(H,14,15)/t8-,9+/m1/s1.